The Morgan fingerprint density at radius 1 is 1.25 bits per heavy atom. The molecule has 4 nitrogen and oxygen atoms in total. The number of nitrogens with one attached hydrogen (secondary N) is 1. The zero-order valence-corrected chi connectivity index (χ0v) is 15.1. The Balaban J connectivity index is 1.79. The van der Waals surface area contributed by atoms with E-state index in [2.05, 4.69) is 36.2 Å². The van der Waals surface area contributed by atoms with Crippen molar-refractivity contribution in [2.24, 2.45) is 0 Å². The Morgan fingerprint density at radius 2 is 2.04 bits per heavy atom. The minimum absolute atomic E-state index is 0.0118. The molecule has 0 amide bonds. The van der Waals surface area contributed by atoms with Crippen LogP contribution in [0.25, 0.3) is 0 Å². The largest absolute Gasteiger partial charge is 0.511 e. The number of carbonyl (C=O) groups is 1. The van der Waals surface area contributed by atoms with Crippen molar-refractivity contribution in [2.75, 3.05) is 31.5 Å². The molecule has 0 unspecified atom stereocenters. The van der Waals surface area contributed by atoms with E-state index in [1.165, 1.54) is 5.56 Å². The minimum atomic E-state index is -0.0118. The van der Waals surface area contributed by atoms with Gasteiger partial charge in [0.15, 0.2) is 5.78 Å². The molecule has 1 heterocycles. The van der Waals surface area contributed by atoms with Crippen molar-refractivity contribution in [2.45, 2.75) is 31.6 Å². The summed E-state index contributed by atoms with van der Waals surface area (Å²) < 4.78 is 0. The van der Waals surface area contributed by atoms with Gasteiger partial charge in [0.1, 0.15) is 5.76 Å². The maximum Gasteiger partial charge on any atom is 0.163 e. The molecule has 0 bridgehead atoms. The summed E-state index contributed by atoms with van der Waals surface area (Å²) in [5.41, 5.74) is 3.29. The monoisotopic (exact) mass is 344 g/mol. The van der Waals surface area contributed by atoms with Gasteiger partial charge < -0.3 is 15.3 Å². The zero-order chi connectivity index (χ0) is 17.1. The fourth-order valence-corrected chi connectivity index (χ4v) is 4.32. The fourth-order valence-electron chi connectivity index (χ4n) is 3.20. The van der Waals surface area contributed by atoms with Crippen LogP contribution in [-0.2, 0) is 11.2 Å². The van der Waals surface area contributed by atoms with Gasteiger partial charge in [0.05, 0.1) is 11.3 Å². The molecule has 2 aliphatic rings. The lowest BCUT2D eigenvalue weighted by Gasteiger charge is -2.27. The van der Waals surface area contributed by atoms with Crippen molar-refractivity contribution in [3.8, 4) is 0 Å². The third-order valence-electron chi connectivity index (χ3n) is 4.58. The van der Waals surface area contributed by atoms with Crippen LogP contribution in [0.5, 0.6) is 0 Å². The lowest BCUT2D eigenvalue weighted by atomic mass is 9.96. The molecule has 1 aliphatic heterocycles. The molecule has 0 atom stereocenters. The quantitative estimate of drug-likeness (QED) is 0.823. The van der Waals surface area contributed by atoms with Crippen molar-refractivity contribution >= 4 is 23.2 Å². The minimum Gasteiger partial charge on any atom is -0.511 e. The lowest BCUT2D eigenvalue weighted by molar-refractivity contribution is -0.114. The fraction of sp³-hybridized carbons (Fsp3) is 0.421. The summed E-state index contributed by atoms with van der Waals surface area (Å²) in [5.74, 6) is 0.204. The second kappa shape index (κ2) is 7.45. The molecule has 128 valence electrons. The Morgan fingerprint density at radius 3 is 2.79 bits per heavy atom. The molecular formula is C19H24N2O2S. The summed E-state index contributed by atoms with van der Waals surface area (Å²) in [4.78, 5) is 16.2. The van der Waals surface area contributed by atoms with Crippen LogP contribution < -0.4 is 5.32 Å². The number of rotatable bonds is 6. The molecule has 0 aromatic heterocycles. The molecule has 0 radical (unpaired) electrons. The number of ketones is 1. The topological polar surface area (TPSA) is 52.6 Å². The summed E-state index contributed by atoms with van der Waals surface area (Å²) >= 11 is 1.57. The first-order valence-electron chi connectivity index (χ1n) is 8.54. The summed E-state index contributed by atoms with van der Waals surface area (Å²) in [6.07, 6.45) is 2.52. The highest BCUT2D eigenvalue weighted by atomic mass is 32.2. The van der Waals surface area contributed by atoms with Crippen LogP contribution in [0, 0.1) is 0 Å². The third kappa shape index (κ3) is 3.52. The number of thioether (sulfide) groups is 1. The van der Waals surface area contributed by atoms with E-state index in [0.29, 0.717) is 6.42 Å². The summed E-state index contributed by atoms with van der Waals surface area (Å²) in [6.45, 7) is 8.38. The highest BCUT2D eigenvalue weighted by molar-refractivity contribution is 8.03. The number of anilines is 1. The Kier molecular flexibility index (Phi) is 5.31. The third-order valence-corrected chi connectivity index (χ3v) is 5.89. The van der Waals surface area contributed by atoms with Gasteiger partial charge in [-0.25, -0.2) is 0 Å². The van der Waals surface area contributed by atoms with Gasteiger partial charge >= 0.3 is 0 Å². The van der Waals surface area contributed by atoms with E-state index in [1.807, 2.05) is 6.07 Å². The number of nitrogens with zero attached hydrogens (tertiary/aromatic N) is 1. The van der Waals surface area contributed by atoms with Crippen molar-refractivity contribution in [3.63, 3.8) is 0 Å². The molecule has 0 saturated carbocycles. The molecule has 0 saturated heterocycles. The zero-order valence-electron chi connectivity index (χ0n) is 14.3. The SMILES string of the molecule is CCN(CC)CCNc1cccc2c1CC1=CC(=O)CC(O)=C1S2. The predicted octanol–water partition coefficient (Wildman–Crippen LogP) is 3.76. The number of allylic oxidation sites excluding steroid dienone is 3. The second-order valence-corrected chi connectivity index (χ2v) is 7.16. The first-order valence-corrected chi connectivity index (χ1v) is 9.35. The average molecular weight is 344 g/mol. The van der Waals surface area contributed by atoms with E-state index in [1.54, 1.807) is 17.8 Å². The number of aliphatic hydroxyl groups is 1. The summed E-state index contributed by atoms with van der Waals surface area (Å²) in [7, 11) is 0. The number of hydrogen-bond donors (Lipinski definition) is 2. The number of benzene rings is 1. The number of carbonyl (C=O) groups excluding carboxylic acids is 1. The maximum atomic E-state index is 11.7. The summed E-state index contributed by atoms with van der Waals surface area (Å²) in [5, 5.41) is 13.6. The predicted molar refractivity (Wildman–Crippen MR) is 99.6 cm³/mol. The van der Waals surface area contributed by atoms with Crippen molar-refractivity contribution < 1.29 is 9.90 Å². The van der Waals surface area contributed by atoms with Crippen LogP contribution in [0.3, 0.4) is 0 Å². The van der Waals surface area contributed by atoms with Gasteiger partial charge in [-0.2, -0.15) is 0 Å². The van der Waals surface area contributed by atoms with Crippen LogP contribution in [0.4, 0.5) is 5.69 Å². The van der Waals surface area contributed by atoms with E-state index in [-0.39, 0.29) is 18.0 Å². The Labute approximate surface area is 147 Å². The standard InChI is InChI=1S/C19H24N2O2S/c1-3-21(4-2)9-8-20-16-6-5-7-18-15(16)11-13-10-14(22)12-17(23)19(13)24-18/h5-7,10,20,23H,3-4,8-9,11-12H2,1-2H3. The van der Waals surface area contributed by atoms with E-state index < -0.39 is 0 Å². The van der Waals surface area contributed by atoms with Gasteiger partial charge in [0.25, 0.3) is 0 Å². The van der Waals surface area contributed by atoms with Gasteiger partial charge in [0, 0.05) is 30.1 Å². The lowest BCUT2D eigenvalue weighted by Crippen LogP contribution is -2.28. The second-order valence-electron chi connectivity index (χ2n) is 6.10. The highest BCUT2D eigenvalue weighted by Gasteiger charge is 2.27. The molecule has 0 spiro atoms. The summed E-state index contributed by atoms with van der Waals surface area (Å²) in [6, 6.07) is 6.23. The molecule has 0 fully saturated rings. The van der Waals surface area contributed by atoms with Crippen LogP contribution in [0.1, 0.15) is 25.8 Å². The maximum absolute atomic E-state index is 11.7. The molecular weight excluding hydrogens is 320 g/mol. The van der Waals surface area contributed by atoms with Crippen molar-refractivity contribution in [3.05, 3.63) is 46.1 Å². The number of aliphatic hydroxyl groups excluding tert-OH is 1. The van der Waals surface area contributed by atoms with E-state index >= 15 is 0 Å². The Bertz CT molecular complexity index is 705. The molecule has 3 rings (SSSR count). The molecule has 1 aromatic rings. The van der Waals surface area contributed by atoms with Crippen LogP contribution in [0.2, 0.25) is 0 Å². The van der Waals surface area contributed by atoms with Gasteiger partial charge in [-0.15, -0.1) is 0 Å². The van der Waals surface area contributed by atoms with Gasteiger partial charge in [-0.05, 0) is 42.4 Å². The van der Waals surface area contributed by atoms with Crippen LogP contribution in [0.15, 0.2) is 45.4 Å². The van der Waals surface area contributed by atoms with E-state index in [0.717, 1.165) is 47.2 Å². The first-order chi connectivity index (χ1) is 11.6. The molecule has 5 heteroatoms. The van der Waals surface area contributed by atoms with Gasteiger partial charge in [-0.1, -0.05) is 31.7 Å². The van der Waals surface area contributed by atoms with E-state index in [4.69, 9.17) is 0 Å². The van der Waals surface area contributed by atoms with E-state index in [9.17, 15) is 9.90 Å². The van der Waals surface area contributed by atoms with Crippen LogP contribution >= 0.6 is 11.8 Å². The van der Waals surface area contributed by atoms with Gasteiger partial charge in [0.2, 0.25) is 0 Å². The van der Waals surface area contributed by atoms with Crippen molar-refractivity contribution in [1.82, 2.24) is 4.90 Å². The first kappa shape index (κ1) is 17.1. The molecule has 1 aromatic carbocycles. The van der Waals surface area contributed by atoms with Gasteiger partial charge in [-0.3, -0.25) is 4.79 Å². The molecule has 2 N–H and O–H groups in total. The number of likely N-dealkylation sites (N-methyl/N-ethyl adjacent to an activating group) is 1. The molecule has 24 heavy (non-hydrogen) atoms. The Hall–Kier alpha value is -1.72. The normalized spacial score (nSPS) is 16.8. The highest BCUT2D eigenvalue weighted by Crippen LogP contribution is 2.46. The van der Waals surface area contributed by atoms with Crippen LogP contribution in [-0.4, -0.2) is 42.0 Å². The van der Waals surface area contributed by atoms with Crippen molar-refractivity contribution in [1.29, 1.82) is 0 Å². The number of fused-ring (bicyclic) bond motifs is 2. The average Bonchev–Trinajstić information content (AvgIpc) is 2.57. The molecule has 1 aliphatic carbocycles. The number of hydrogen-bond acceptors (Lipinski definition) is 5. The smallest absolute Gasteiger partial charge is 0.163 e.